The van der Waals surface area contributed by atoms with Crippen LogP contribution in [0.3, 0.4) is 0 Å². The zero-order valence-corrected chi connectivity index (χ0v) is 10.1. The molecule has 0 saturated heterocycles. The second kappa shape index (κ2) is 4.91. The molecule has 94 valence electrons. The Morgan fingerprint density at radius 2 is 2.06 bits per heavy atom. The largest absolute Gasteiger partial charge is 0.324 e. The van der Waals surface area contributed by atoms with Crippen molar-refractivity contribution in [2.45, 2.75) is 0 Å². The summed E-state index contributed by atoms with van der Waals surface area (Å²) in [6, 6.07) is 2.76. The minimum absolute atomic E-state index is 0.00129. The molecule has 0 spiro atoms. The fourth-order valence-electron chi connectivity index (χ4n) is 1.21. The Labute approximate surface area is 110 Å². The highest BCUT2D eigenvalue weighted by Gasteiger charge is 2.15. The van der Waals surface area contributed by atoms with Crippen LogP contribution in [0.5, 0.6) is 0 Å². The van der Waals surface area contributed by atoms with E-state index >= 15 is 0 Å². The molecule has 1 aromatic heterocycles. The SMILES string of the molecule is O=C(Nc1ccc(F)cc1F)c1nc(Cl)c(Cl)[nH]1. The highest BCUT2D eigenvalue weighted by Crippen LogP contribution is 2.19. The topological polar surface area (TPSA) is 57.8 Å². The van der Waals surface area contributed by atoms with E-state index in [1.165, 1.54) is 0 Å². The van der Waals surface area contributed by atoms with Gasteiger partial charge in [-0.25, -0.2) is 13.8 Å². The van der Waals surface area contributed by atoms with E-state index in [9.17, 15) is 13.6 Å². The molecule has 1 amide bonds. The quantitative estimate of drug-likeness (QED) is 0.892. The Morgan fingerprint density at radius 3 is 2.61 bits per heavy atom. The number of H-pyrrole nitrogens is 1. The van der Waals surface area contributed by atoms with E-state index in [-0.39, 0.29) is 21.8 Å². The van der Waals surface area contributed by atoms with E-state index in [1.54, 1.807) is 0 Å². The van der Waals surface area contributed by atoms with Crippen molar-refractivity contribution in [1.29, 1.82) is 0 Å². The third-order valence-corrected chi connectivity index (χ3v) is 2.66. The molecule has 18 heavy (non-hydrogen) atoms. The highest BCUT2D eigenvalue weighted by molar-refractivity contribution is 6.40. The first-order valence-corrected chi connectivity index (χ1v) is 5.40. The predicted octanol–water partition coefficient (Wildman–Crippen LogP) is 3.25. The molecule has 0 radical (unpaired) electrons. The first-order chi connectivity index (χ1) is 8.47. The minimum Gasteiger partial charge on any atom is -0.324 e. The van der Waals surface area contributed by atoms with Crippen LogP contribution in [0.15, 0.2) is 18.2 Å². The molecule has 1 heterocycles. The van der Waals surface area contributed by atoms with Crippen LogP contribution in [0.1, 0.15) is 10.6 Å². The van der Waals surface area contributed by atoms with E-state index in [2.05, 4.69) is 15.3 Å². The van der Waals surface area contributed by atoms with Gasteiger partial charge in [0.2, 0.25) is 0 Å². The van der Waals surface area contributed by atoms with Gasteiger partial charge in [0.1, 0.15) is 16.8 Å². The van der Waals surface area contributed by atoms with Gasteiger partial charge in [0.15, 0.2) is 11.0 Å². The molecule has 1 aromatic carbocycles. The van der Waals surface area contributed by atoms with Crippen molar-refractivity contribution < 1.29 is 13.6 Å². The molecule has 4 nitrogen and oxygen atoms in total. The lowest BCUT2D eigenvalue weighted by Gasteiger charge is -2.04. The maximum atomic E-state index is 13.3. The van der Waals surface area contributed by atoms with Gasteiger partial charge in [0.05, 0.1) is 5.69 Å². The zero-order valence-electron chi connectivity index (χ0n) is 8.60. The van der Waals surface area contributed by atoms with Crippen molar-refractivity contribution in [3.63, 3.8) is 0 Å². The predicted molar refractivity (Wildman–Crippen MR) is 62.9 cm³/mol. The standard InChI is InChI=1S/C10H5Cl2F2N3O/c11-7-8(12)17-9(16-7)10(18)15-6-2-1-4(13)3-5(6)14/h1-3H,(H,15,18)(H,16,17). The molecular weight excluding hydrogens is 287 g/mol. The van der Waals surface area contributed by atoms with Gasteiger partial charge in [0.25, 0.3) is 5.91 Å². The van der Waals surface area contributed by atoms with Gasteiger partial charge in [0, 0.05) is 6.07 Å². The summed E-state index contributed by atoms with van der Waals surface area (Å²) in [7, 11) is 0. The maximum absolute atomic E-state index is 13.3. The average molecular weight is 292 g/mol. The maximum Gasteiger partial charge on any atom is 0.291 e. The molecule has 0 fully saturated rings. The minimum atomic E-state index is -0.896. The van der Waals surface area contributed by atoms with Gasteiger partial charge >= 0.3 is 0 Å². The third-order valence-electron chi connectivity index (χ3n) is 2.01. The number of benzene rings is 1. The van der Waals surface area contributed by atoms with Crippen LogP contribution < -0.4 is 5.32 Å². The molecule has 2 rings (SSSR count). The lowest BCUT2D eigenvalue weighted by atomic mass is 10.3. The van der Waals surface area contributed by atoms with Crippen molar-refractivity contribution in [3.05, 3.63) is 46.0 Å². The summed E-state index contributed by atoms with van der Waals surface area (Å²) >= 11 is 11.1. The van der Waals surface area contributed by atoms with Gasteiger partial charge in [-0.05, 0) is 12.1 Å². The van der Waals surface area contributed by atoms with Crippen LogP contribution in [0.25, 0.3) is 0 Å². The summed E-state index contributed by atoms with van der Waals surface area (Å²) in [5.41, 5.74) is -0.176. The van der Waals surface area contributed by atoms with Crippen LogP contribution in [0, 0.1) is 11.6 Å². The number of nitrogens with zero attached hydrogens (tertiary/aromatic N) is 1. The lowest BCUT2D eigenvalue weighted by Crippen LogP contribution is -2.14. The zero-order chi connectivity index (χ0) is 13.3. The second-order valence-electron chi connectivity index (χ2n) is 3.27. The number of hydrogen-bond donors (Lipinski definition) is 2. The van der Waals surface area contributed by atoms with Crippen molar-refractivity contribution in [1.82, 2.24) is 9.97 Å². The molecule has 0 saturated carbocycles. The van der Waals surface area contributed by atoms with Crippen LogP contribution in [0.4, 0.5) is 14.5 Å². The number of amides is 1. The first-order valence-electron chi connectivity index (χ1n) is 4.65. The van der Waals surface area contributed by atoms with Gasteiger partial charge in [-0.3, -0.25) is 4.79 Å². The fourth-order valence-corrected chi connectivity index (χ4v) is 1.47. The monoisotopic (exact) mass is 291 g/mol. The number of aromatic nitrogens is 2. The highest BCUT2D eigenvalue weighted by atomic mass is 35.5. The number of carbonyl (C=O) groups is 1. The Hall–Kier alpha value is -1.66. The number of halogens is 4. The van der Waals surface area contributed by atoms with E-state index in [0.29, 0.717) is 6.07 Å². The van der Waals surface area contributed by atoms with E-state index in [0.717, 1.165) is 12.1 Å². The van der Waals surface area contributed by atoms with Crippen LogP contribution >= 0.6 is 23.2 Å². The van der Waals surface area contributed by atoms with Crippen molar-refractivity contribution in [2.24, 2.45) is 0 Å². The van der Waals surface area contributed by atoms with Gasteiger partial charge in [-0.2, -0.15) is 0 Å². The smallest absolute Gasteiger partial charge is 0.291 e. The number of nitrogens with one attached hydrogen (secondary N) is 2. The summed E-state index contributed by atoms with van der Waals surface area (Å²) in [5, 5.41) is 2.14. The van der Waals surface area contributed by atoms with E-state index < -0.39 is 17.5 Å². The average Bonchev–Trinajstić information content (AvgIpc) is 2.63. The van der Waals surface area contributed by atoms with Crippen LogP contribution in [-0.2, 0) is 0 Å². The summed E-state index contributed by atoms with van der Waals surface area (Å²) in [6.45, 7) is 0. The molecule has 0 aliphatic carbocycles. The Morgan fingerprint density at radius 1 is 1.33 bits per heavy atom. The van der Waals surface area contributed by atoms with Crippen molar-refractivity contribution in [2.75, 3.05) is 5.32 Å². The van der Waals surface area contributed by atoms with E-state index in [1.807, 2.05) is 0 Å². The van der Waals surface area contributed by atoms with Crippen LogP contribution in [-0.4, -0.2) is 15.9 Å². The summed E-state index contributed by atoms with van der Waals surface area (Å²) in [4.78, 5) is 17.7. The lowest BCUT2D eigenvalue weighted by molar-refractivity contribution is 0.101. The number of carbonyl (C=O) groups excluding carboxylic acids is 1. The van der Waals surface area contributed by atoms with Gasteiger partial charge < -0.3 is 10.3 Å². The molecule has 0 unspecified atom stereocenters. The number of imidazole rings is 1. The van der Waals surface area contributed by atoms with Crippen molar-refractivity contribution >= 4 is 34.8 Å². The van der Waals surface area contributed by atoms with Gasteiger partial charge in [-0.1, -0.05) is 23.2 Å². The normalized spacial score (nSPS) is 10.4. The third kappa shape index (κ3) is 2.60. The number of hydrogen-bond acceptors (Lipinski definition) is 2. The number of rotatable bonds is 2. The van der Waals surface area contributed by atoms with Crippen molar-refractivity contribution in [3.8, 4) is 0 Å². The molecule has 2 aromatic rings. The van der Waals surface area contributed by atoms with Gasteiger partial charge in [-0.15, -0.1) is 0 Å². The fraction of sp³-hybridized carbons (Fsp3) is 0. The summed E-state index contributed by atoms with van der Waals surface area (Å²) in [5.74, 6) is -2.55. The Balaban J connectivity index is 2.21. The molecule has 8 heteroatoms. The number of aromatic amines is 1. The Bertz CT molecular complexity index is 596. The first kappa shape index (κ1) is 12.8. The molecule has 0 aliphatic heterocycles. The Kier molecular flexibility index (Phi) is 3.49. The second-order valence-corrected chi connectivity index (χ2v) is 4.00. The summed E-state index contributed by atoms with van der Waals surface area (Å²) in [6.07, 6.45) is 0. The molecule has 0 atom stereocenters. The van der Waals surface area contributed by atoms with Crippen LogP contribution in [0.2, 0.25) is 10.3 Å². The molecule has 2 N–H and O–H groups in total. The molecule has 0 aliphatic rings. The number of anilines is 1. The molecular formula is C10H5Cl2F2N3O. The van der Waals surface area contributed by atoms with E-state index in [4.69, 9.17) is 23.2 Å². The summed E-state index contributed by atoms with van der Waals surface area (Å²) < 4.78 is 25.9. The molecule has 0 bridgehead atoms.